The van der Waals surface area contributed by atoms with Gasteiger partial charge in [-0.05, 0) is 49.2 Å². The molecule has 0 aliphatic rings. The van der Waals surface area contributed by atoms with Crippen molar-refractivity contribution in [1.29, 1.82) is 0 Å². The Morgan fingerprint density at radius 2 is 1.75 bits per heavy atom. The summed E-state index contributed by atoms with van der Waals surface area (Å²) < 4.78 is 11.2. The molecule has 2 rings (SSSR count). The molecule has 0 saturated heterocycles. The minimum absolute atomic E-state index is 0.235. The van der Waals surface area contributed by atoms with Crippen molar-refractivity contribution in [3.8, 4) is 23.0 Å². The van der Waals surface area contributed by atoms with Gasteiger partial charge in [0.15, 0.2) is 23.0 Å². The van der Waals surface area contributed by atoms with Gasteiger partial charge in [0.2, 0.25) is 0 Å². The van der Waals surface area contributed by atoms with Gasteiger partial charge in [-0.15, -0.1) is 0 Å². The minimum atomic E-state index is -0.976. The van der Waals surface area contributed by atoms with Crippen molar-refractivity contribution in [1.82, 2.24) is 0 Å². The minimum Gasteiger partial charge on any atom is -0.504 e. The summed E-state index contributed by atoms with van der Waals surface area (Å²) in [6.45, 7) is 3.65. The quantitative estimate of drug-likeness (QED) is 0.705. The third kappa shape index (κ3) is 4.00. The number of aliphatic hydroxyl groups excluding tert-OH is 1. The molecule has 24 heavy (non-hydrogen) atoms. The average Bonchev–Trinajstić information content (AvgIpc) is 2.58. The molecule has 0 amide bonds. The molecular formula is C19H22O5. The maximum absolute atomic E-state index is 10.4. The summed E-state index contributed by atoms with van der Waals surface area (Å²) >= 11 is 0. The molecule has 0 radical (unpaired) electrons. The zero-order chi connectivity index (χ0) is 17.7. The topological polar surface area (TPSA) is 79.2 Å². The zero-order valence-electron chi connectivity index (χ0n) is 13.9. The van der Waals surface area contributed by atoms with Crippen molar-refractivity contribution in [2.75, 3.05) is 7.11 Å². The van der Waals surface area contributed by atoms with Crippen LogP contribution in [-0.2, 0) is 0 Å². The number of methoxy groups -OCH3 is 1. The Balaban J connectivity index is 2.18. The van der Waals surface area contributed by atoms with Gasteiger partial charge in [-0.2, -0.15) is 0 Å². The molecule has 2 atom stereocenters. The van der Waals surface area contributed by atoms with E-state index in [0.717, 1.165) is 5.56 Å². The lowest BCUT2D eigenvalue weighted by Crippen LogP contribution is -2.22. The summed E-state index contributed by atoms with van der Waals surface area (Å²) in [7, 11) is 1.56. The number of phenolic OH excluding ortho intramolecular Hbond substituents is 2. The van der Waals surface area contributed by atoms with E-state index >= 15 is 0 Å². The fraction of sp³-hybridized carbons (Fsp3) is 0.263. The van der Waals surface area contributed by atoms with Crippen molar-refractivity contribution in [3.05, 3.63) is 53.6 Å². The lowest BCUT2D eigenvalue weighted by atomic mass is 10.0. The molecule has 0 heterocycles. The number of allylic oxidation sites excluding steroid dienone is 1. The van der Waals surface area contributed by atoms with E-state index in [4.69, 9.17) is 9.47 Å². The summed E-state index contributed by atoms with van der Waals surface area (Å²) in [6.07, 6.45) is 2.31. The summed E-state index contributed by atoms with van der Waals surface area (Å²) in [5.41, 5.74) is 1.43. The van der Waals surface area contributed by atoms with Crippen LogP contribution >= 0.6 is 0 Å². The highest BCUT2D eigenvalue weighted by atomic mass is 16.5. The number of hydrogen-bond acceptors (Lipinski definition) is 5. The van der Waals surface area contributed by atoms with Crippen molar-refractivity contribution >= 4 is 6.08 Å². The summed E-state index contributed by atoms with van der Waals surface area (Å²) in [4.78, 5) is 0. The van der Waals surface area contributed by atoms with E-state index in [-0.39, 0.29) is 11.5 Å². The predicted molar refractivity (Wildman–Crippen MR) is 92.5 cm³/mol. The number of benzene rings is 2. The van der Waals surface area contributed by atoms with Crippen LogP contribution in [0.1, 0.15) is 31.1 Å². The van der Waals surface area contributed by atoms with Gasteiger partial charge in [0, 0.05) is 0 Å². The van der Waals surface area contributed by atoms with E-state index in [1.807, 2.05) is 31.2 Å². The van der Waals surface area contributed by atoms with Crippen LogP contribution in [0.2, 0.25) is 0 Å². The molecule has 0 fully saturated rings. The van der Waals surface area contributed by atoms with Crippen molar-refractivity contribution in [2.24, 2.45) is 0 Å². The van der Waals surface area contributed by atoms with Gasteiger partial charge in [-0.25, -0.2) is 0 Å². The fourth-order valence-electron chi connectivity index (χ4n) is 2.34. The van der Waals surface area contributed by atoms with E-state index in [2.05, 4.69) is 0 Å². The Labute approximate surface area is 141 Å². The molecule has 2 aromatic rings. The van der Waals surface area contributed by atoms with Gasteiger partial charge in [0.25, 0.3) is 0 Å². The van der Waals surface area contributed by atoms with Crippen LogP contribution in [0.4, 0.5) is 0 Å². The largest absolute Gasteiger partial charge is 0.504 e. The molecule has 0 aliphatic heterocycles. The second-order valence-electron chi connectivity index (χ2n) is 5.43. The molecule has 5 nitrogen and oxygen atoms in total. The average molecular weight is 330 g/mol. The molecule has 2 unspecified atom stereocenters. The molecular weight excluding hydrogens is 308 g/mol. The van der Waals surface area contributed by atoms with Gasteiger partial charge in [-0.3, -0.25) is 0 Å². The van der Waals surface area contributed by atoms with Gasteiger partial charge >= 0.3 is 0 Å². The highest BCUT2D eigenvalue weighted by Crippen LogP contribution is 2.33. The molecule has 0 saturated carbocycles. The van der Waals surface area contributed by atoms with Crippen molar-refractivity contribution < 1.29 is 24.8 Å². The Morgan fingerprint density at radius 3 is 2.38 bits per heavy atom. The maximum Gasteiger partial charge on any atom is 0.161 e. The highest BCUT2D eigenvalue weighted by molar-refractivity contribution is 5.55. The summed E-state index contributed by atoms with van der Waals surface area (Å²) in [5, 5.41) is 29.3. The first kappa shape index (κ1) is 17.7. The molecule has 5 heteroatoms. The Morgan fingerprint density at radius 1 is 1.00 bits per heavy atom. The second-order valence-corrected chi connectivity index (χ2v) is 5.43. The zero-order valence-corrected chi connectivity index (χ0v) is 13.9. The normalized spacial score (nSPS) is 13.7. The molecule has 0 spiro atoms. The first-order valence-electron chi connectivity index (χ1n) is 7.63. The smallest absolute Gasteiger partial charge is 0.161 e. The Hall–Kier alpha value is -2.66. The number of hydrogen-bond donors (Lipinski definition) is 3. The molecule has 0 aromatic heterocycles. The second kappa shape index (κ2) is 7.75. The number of aliphatic hydroxyl groups is 1. The third-order valence-electron chi connectivity index (χ3n) is 3.65. The molecule has 3 N–H and O–H groups in total. The van der Waals surface area contributed by atoms with E-state index in [1.165, 1.54) is 18.2 Å². The number of rotatable bonds is 6. The van der Waals surface area contributed by atoms with Crippen LogP contribution in [0.3, 0.4) is 0 Å². The lowest BCUT2D eigenvalue weighted by molar-refractivity contribution is 0.0450. The Bertz CT molecular complexity index is 724. The molecule has 128 valence electrons. The van der Waals surface area contributed by atoms with Crippen molar-refractivity contribution in [3.63, 3.8) is 0 Å². The standard InChI is InChI=1S/C19H22O5/c1-4-5-13-6-9-17(18(10-13)23-3)24-12(2)19(22)14-7-8-15(20)16(21)11-14/h4-12,19-22H,1-3H3. The number of ether oxygens (including phenoxy) is 2. The van der Waals surface area contributed by atoms with E-state index in [9.17, 15) is 15.3 Å². The molecule has 2 aromatic carbocycles. The number of aromatic hydroxyl groups is 2. The van der Waals surface area contributed by atoms with Crippen LogP contribution in [0, 0.1) is 0 Å². The van der Waals surface area contributed by atoms with E-state index in [0.29, 0.717) is 17.1 Å². The van der Waals surface area contributed by atoms with Gasteiger partial charge in [0.05, 0.1) is 7.11 Å². The summed E-state index contributed by atoms with van der Waals surface area (Å²) in [5.74, 6) is 0.561. The van der Waals surface area contributed by atoms with Crippen LogP contribution in [0.15, 0.2) is 42.5 Å². The first-order valence-corrected chi connectivity index (χ1v) is 7.63. The third-order valence-corrected chi connectivity index (χ3v) is 3.65. The van der Waals surface area contributed by atoms with Gasteiger partial charge in [0.1, 0.15) is 12.2 Å². The van der Waals surface area contributed by atoms with Gasteiger partial charge < -0.3 is 24.8 Å². The fourth-order valence-corrected chi connectivity index (χ4v) is 2.34. The maximum atomic E-state index is 10.4. The monoisotopic (exact) mass is 330 g/mol. The number of phenols is 2. The van der Waals surface area contributed by atoms with Crippen LogP contribution in [-0.4, -0.2) is 28.5 Å². The van der Waals surface area contributed by atoms with E-state index in [1.54, 1.807) is 20.1 Å². The lowest BCUT2D eigenvalue weighted by Gasteiger charge is -2.22. The van der Waals surface area contributed by atoms with Gasteiger partial charge in [-0.1, -0.05) is 24.3 Å². The Kier molecular flexibility index (Phi) is 5.71. The van der Waals surface area contributed by atoms with Crippen LogP contribution in [0.5, 0.6) is 23.0 Å². The summed E-state index contributed by atoms with van der Waals surface area (Å²) in [6, 6.07) is 9.70. The van der Waals surface area contributed by atoms with E-state index < -0.39 is 12.2 Å². The molecule has 0 aliphatic carbocycles. The van der Waals surface area contributed by atoms with Crippen molar-refractivity contribution in [2.45, 2.75) is 26.1 Å². The highest BCUT2D eigenvalue weighted by Gasteiger charge is 2.20. The first-order chi connectivity index (χ1) is 11.5. The van der Waals surface area contributed by atoms with Crippen LogP contribution in [0.25, 0.3) is 6.08 Å². The predicted octanol–water partition coefficient (Wildman–Crippen LogP) is 3.64. The SMILES string of the molecule is CC=Cc1ccc(OC(C)C(O)c2ccc(O)c(O)c2)c(OC)c1. The van der Waals surface area contributed by atoms with Crippen LogP contribution < -0.4 is 9.47 Å². The molecule has 0 bridgehead atoms.